The van der Waals surface area contributed by atoms with Gasteiger partial charge in [0.25, 0.3) is 5.91 Å². The summed E-state index contributed by atoms with van der Waals surface area (Å²) in [5, 5.41) is 5.98. The molecule has 29 heavy (non-hydrogen) atoms. The second kappa shape index (κ2) is 9.78. The molecule has 1 aliphatic rings. The van der Waals surface area contributed by atoms with Gasteiger partial charge in [-0.25, -0.2) is 4.98 Å². The maximum absolute atomic E-state index is 12.8. The van der Waals surface area contributed by atoms with E-state index in [2.05, 4.69) is 22.9 Å². The highest BCUT2D eigenvalue weighted by atomic mass is 32.2. The highest BCUT2D eigenvalue weighted by molar-refractivity contribution is 8.04. The molecule has 1 amide bonds. The van der Waals surface area contributed by atoms with E-state index in [0.717, 1.165) is 53.0 Å². The van der Waals surface area contributed by atoms with Crippen molar-refractivity contribution < 1.29 is 14.3 Å². The molecule has 1 aromatic heterocycles. The van der Waals surface area contributed by atoms with Gasteiger partial charge in [-0.05, 0) is 51.2 Å². The molecule has 0 bridgehead atoms. The van der Waals surface area contributed by atoms with Gasteiger partial charge in [0.2, 0.25) is 0 Å². The minimum Gasteiger partial charge on any atom is -0.496 e. The molecule has 1 N–H and O–H groups in total. The lowest BCUT2D eigenvalue weighted by Gasteiger charge is -2.26. The molecule has 0 spiro atoms. The van der Waals surface area contributed by atoms with Crippen LogP contribution in [0.4, 0.5) is 0 Å². The second-order valence-electron chi connectivity index (χ2n) is 7.21. The number of methoxy groups -OCH3 is 1. The van der Waals surface area contributed by atoms with Crippen molar-refractivity contribution in [3.05, 3.63) is 50.8 Å². The molecular weight excluding hydrogens is 404 g/mol. The Hall–Kier alpha value is -1.83. The quantitative estimate of drug-likeness (QED) is 0.484. The Bertz CT molecular complexity index is 888. The summed E-state index contributed by atoms with van der Waals surface area (Å²) in [5.41, 5.74) is 3.16. The molecule has 0 radical (unpaired) electrons. The van der Waals surface area contributed by atoms with E-state index in [4.69, 9.17) is 9.47 Å². The van der Waals surface area contributed by atoms with E-state index in [1.54, 1.807) is 18.4 Å². The normalized spacial score (nSPS) is 15.7. The largest absolute Gasteiger partial charge is 0.496 e. The summed E-state index contributed by atoms with van der Waals surface area (Å²) in [4.78, 5) is 18.8. The Morgan fingerprint density at radius 2 is 2.10 bits per heavy atom. The molecule has 1 atom stereocenters. The number of benzene rings is 1. The highest BCUT2D eigenvalue weighted by Crippen LogP contribution is 2.42. The van der Waals surface area contributed by atoms with Crippen LogP contribution in [0.1, 0.15) is 53.6 Å². The van der Waals surface area contributed by atoms with Crippen molar-refractivity contribution in [2.45, 2.75) is 50.5 Å². The van der Waals surface area contributed by atoms with E-state index >= 15 is 0 Å². The first-order chi connectivity index (χ1) is 13.9. The lowest BCUT2D eigenvalue weighted by Crippen LogP contribution is -2.27. The number of nitrogens with one attached hydrogen (secondary N) is 1. The Morgan fingerprint density at radius 1 is 1.38 bits per heavy atom. The van der Waals surface area contributed by atoms with Crippen molar-refractivity contribution in [3.63, 3.8) is 0 Å². The standard InChI is InChI=1S/C22H28N2O3S2/c1-13-20(26-5)7-6-18(17-8-10-27-11-9-17)21(13)29-15(3)22(25)23-14(2)19-12-28-16(4)24-19/h6-7,12,14,17H,3,8-11H2,1-2,4-5H3,(H,23,25). The van der Waals surface area contributed by atoms with Gasteiger partial charge in [0.05, 0.1) is 28.8 Å². The van der Waals surface area contributed by atoms with Crippen molar-refractivity contribution in [2.75, 3.05) is 20.3 Å². The zero-order valence-corrected chi connectivity index (χ0v) is 19.0. The minimum atomic E-state index is -0.173. The fraction of sp³-hybridized carbons (Fsp3) is 0.455. The van der Waals surface area contributed by atoms with Gasteiger partial charge in [-0.2, -0.15) is 0 Å². The van der Waals surface area contributed by atoms with E-state index in [9.17, 15) is 4.79 Å². The third kappa shape index (κ3) is 5.21. The Morgan fingerprint density at radius 3 is 2.72 bits per heavy atom. The number of aromatic nitrogens is 1. The van der Waals surface area contributed by atoms with Gasteiger partial charge in [0.15, 0.2) is 0 Å². The predicted molar refractivity (Wildman–Crippen MR) is 119 cm³/mol. The topological polar surface area (TPSA) is 60.5 Å². The smallest absolute Gasteiger partial charge is 0.257 e. The van der Waals surface area contributed by atoms with E-state index in [-0.39, 0.29) is 11.9 Å². The summed E-state index contributed by atoms with van der Waals surface area (Å²) in [5.74, 6) is 1.07. The molecule has 1 aliphatic heterocycles. The molecule has 156 valence electrons. The predicted octanol–water partition coefficient (Wildman–Crippen LogP) is 5.15. The fourth-order valence-electron chi connectivity index (χ4n) is 3.48. The number of thiazole rings is 1. The third-order valence-corrected chi connectivity index (χ3v) is 7.14. The van der Waals surface area contributed by atoms with E-state index in [1.807, 2.05) is 32.2 Å². The summed E-state index contributed by atoms with van der Waals surface area (Å²) >= 11 is 3.01. The third-order valence-electron chi connectivity index (χ3n) is 5.17. The number of ether oxygens (including phenoxy) is 2. The number of hydrogen-bond acceptors (Lipinski definition) is 6. The van der Waals surface area contributed by atoms with Crippen LogP contribution in [0.5, 0.6) is 5.75 Å². The van der Waals surface area contributed by atoms with Crippen molar-refractivity contribution in [1.29, 1.82) is 0 Å². The van der Waals surface area contributed by atoms with Crippen LogP contribution in [0, 0.1) is 13.8 Å². The summed E-state index contributed by atoms with van der Waals surface area (Å²) in [6.45, 7) is 11.5. The molecule has 0 aliphatic carbocycles. The highest BCUT2D eigenvalue weighted by Gasteiger charge is 2.24. The van der Waals surface area contributed by atoms with Gasteiger partial charge in [0.1, 0.15) is 5.75 Å². The van der Waals surface area contributed by atoms with Gasteiger partial charge < -0.3 is 14.8 Å². The maximum atomic E-state index is 12.8. The summed E-state index contributed by atoms with van der Waals surface area (Å²) in [6.07, 6.45) is 1.97. The van der Waals surface area contributed by atoms with Crippen molar-refractivity contribution in [2.24, 2.45) is 0 Å². The first-order valence-electron chi connectivity index (χ1n) is 9.75. The SMILES string of the molecule is C=C(Sc1c(C2CCOCC2)ccc(OC)c1C)C(=O)NC(C)c1csc(C)n1. The first kappa shape index (κ1) is 21.9. The van der Waals surface area contributed by atoms with Crippen LogP contribution in [-0.2, 0) is 9.53 Å². The van der Waals surface area contributed by atoms with Crippen molar-refractivity contribution >= 4 is 29.0 Å². The molecule has 2 aromatic rings. The van der Waals surface area contributed by atoms with Gasteiger partial charge in [0, 0.05) is 29.1 Å². The Labute approximate surface area is 180 Å². The van der Waals surface area contributed by atoms with Crippen LogP contribution < -0.4 is 10.1 Å². The monoisotopic (exact) mass is 432 g/mol. The van der Waals surface area contributed by atoms with Crippen LogP contribution in [0.2, 0.25) is 0 Å². The lowest BCUT2D eigenvalue weighted by atomic mass is 9.90. The molecule has 1 aromatic carbocycles. The molecule has 1 fully saturated rings. The van der Waals surface area contributed by atoms with E-state index in [0.29, 0.717) is 10.8 Å². The van der Waals surface area contributed by atoms with Crippen LogP contribution in [-0.4, -0.2) is 31.2 Å². The number of carbonyl (C=O) groups excluding carboxylic acids is 1. The average molecular weight is 433 g/mol. The van der Waals surface area contributed by atoms with Gasteiger partial charge in [-0.3, -0.25) is 4.79 Å². The number of thioether (sulfide) groups is 1. The molecule has 3 rings (SSSR count). The summed E-state index contributed by atoms with van der Waals surface area (Å²) in [7, 11) is 1.67. The average Bonchev–Trinajstić information content (AvgIpc) is 3.16. The Balaban J connectivity index is 1.78. The number of amides is 1. The zero-order valence-electron chi connectivity index (χ0n) is 17.4. The van der Waals surface area contributed by atoms with Crippen LogP contribution in [0.3, 0.4) is 0 Å². The lowest BCUT2D eigenvalue weighted by molar-refractivity contribution is -0.117. The number of rotatable bonds is 7. The maximum Gasteiger partial charge on any atom is 0.257 e. The number of nitrogens with zero attached hydrogens (tertiary/aromatic N) is 1. The first-order valence-corrected chi connectivity index (χ1v) is 11.4. The molecule has 1 unspecified atom stereocenters. The van der Waals surface area contributed by atoms with E-state index in [1.165, 1.54) is 17.3 Å². The van der Waals surface area contributed by atoms with Gasteiger partial charge >= 0.3 is 0 Å². The summed E-state index contributed by atoms with van der Waals surface area (Å²) < 4.78 is 11.0. The molecule has 2 heterocycles. The van der Waals surface area contributed by atoms with Gasteiger partial charge in [-0.1, -0.05) is 24.4 Å². The number of hydrogen-bond donors (Lipinski definition) is 1. The summed E-state index contributed by atoms with van der Waals surface area (Å²) in [6, 6.07) is 3.97. The fourth-order valence-corrected chi connectivity index (χ4v) is 5.19. The zero-order chi connectivity index (χ0) is 21.0. The molecule has 0 saturated carbocycles. The van der Waals surface area contributed by atoms with Crippen LogP contribution >= 0.6 is 23.1 Å². The number of carbonyl (C=O) groups is 1. The second-order valence-corrected chi connectivity index (χ2v) is 9.38. The van der Waals surface area contributed by atoms with Crippen LogP contribution in [0.15, 0.2) is 33.9 Å². The molecule has 5 nitrogen and oxygen atoms in total. The van der Waals surface area contributed by atoms with Crippen molar-refractivity contribution in [3.8, 4) is 5.75 Å². The Kier molecular flexibility index (Phi) is 7.38. The molecule has 7 heteroatoms. The van der Waals surface area contributed by atoms with Crippen molar-refractivity contribution in [1.82, 2.24) is 10.3 Å². The van der Waals surface area contributed by atoms with Gasteiger partial charge in [-0.15, -0.1) is 11.3 Å². The van der Waals surface area contributed by atoms with E-state index < -0.39 is 0 Å². The van der Waals surface area contributed by atoms with Crippen LogP contribution in [0.25, 0.3) is 0 Å². The molecule has 1 saturated heterocycles. The molecular formula is C22H28N2O3S2. The minimum absolute atomic E-state index is 0.161. The number of aryl methyl sites for hydroxylation is 1.